The van der Waals surface area contributed by atoms with Crippen molar-refractivity contribution in [1.82, 2.24) is 0 Å². The van der Waals surface area contributed by atoms with Crippen LogP contribution >= 0.6 is 0 Å². The molecule has 0 aromatic heterocycles. The van der Waals surface area contributed by atoms with E-state index in [4.69, 9.17) is 5.73 Å². The molecule has 0 aliphatic rings. The molecule has 0 spiro atoms. The highest BCUT2D eigenvalue weighted by Crippen LogP contribution is 2.32. The number of carbonyl (C=O) groups excluding carboxylic acids is 1. The number of nitrogens with two attached hydrogens (primary N) is 1. The highest BCUT2D eigenvalue weighted by molar-refractivity contribution is 5.88. The molecule has 0 aliphatic carbocycles. The number of alkyl halides is 3. The van der Waals surface area contributed by atoms with Crippen LogP contribution in [0.5, 0.6) is 0 Å². The van der Waals surface area contributed by atoms with Crippen molar-refractivity contribution in [2.75, 3.05) is 10.6 Å². The summed E-state index contributed by atoms with van der Waals surface area (Å²) in [6.07, 6.45) is -4.16. The highest BCUT2D eigenvalue weighted by Gasteiger charge is 2.33. The van der Waals surface area contributed by atoms with Crippen LogP contribution in [0.3, 0.4) is 0 Å². The van der Waals surface area contributed by atoms with Gasteiger partial charge >= 0.3 is 12.2 Å². The molecule has 0 saturated heterocycles. The van der Waals surface area contributed by atoms with E-state index < -0.39 is 17.8 Å². The normalized spacial score (nSPS) is 12.5. The van der Waals surface area contributed by atoms with E-state index in [2.05, 4.69) is 10.6 Å². The Kier molecular flexibility index (Phi) is 5.33. The molecule has 0 bridgehead atoms. The summed E-state index contributed by atoms with van der Waals surface area (Å²) in [6, 6.07) is 11.4. The second-order valence-corrected chi connectivity index (χ2v) is 5.47. The maximum Gasteiger partial charge on any atom is 0.416 e. The molecule has 2 aromatic rings. The summed E-state index contributed by atoms with van der Waals surface area (Å²) in [5.41, 5.74) is 5.86. The summed E-state index contributed by atoms with van der Waals surface area (Å²) >= 11 is 0. The third kappa shape index (κ3) is 4.91. The largest absolute Gasteiger partial charge is 0.416 e. The van der Waals surface area contributed by atoms with Crippen molar-refractivity contribution in [3.8, 4) is 0 Å². The van der Waals surface area contributed by atoms with Crippen molar-refractivity contribution in [3.63, 3.8) is 0 Å². The van der Waals surface area contributed by atoms with Gasteiger partial charge in [0.25, 0.3) is 0 Å². The molecule has 7 heteroatoms. The number of urea groups is 1. The van der Waals surface area contributed by atoms with E-state index in [9.17, 15) is 18.0 Å². The molecule has 2 amide bonds. The lowest BCUT2D eigenvalue weighted by Gasteiger charge is -2.19. The first-order valence-corrected chi connectivity index (χ1v) is 7.34. The van der Waals surface area contributed by atoms with E-state index in [1.807, 2.05) is 0 Å². The number of hydrogen-bond acceptors (Lipinski definition) is 2. The Morgan fingerprint density at radius 1 is 1.12 bits per heavy atom. The molecule has 128 valence electrons. The Labute approximate surface area is 137 Å². The van der Waals surface area contributed by atoms with Crippen molar-refractivity contribution in [3.05, 3.63) is 59.7 Å². The van der Waals surface area contributed by atoms with Crippen molar-refractivity contribution in [1.29, 1.82) is 0 Å². The number of carbonyl (C=O) groups is 1. The topological polar surface area (TPSA) is 67.2 Å². The molecule has 24 heavy (non-hydrogen) atoms. The SMILES string of the molecule is CC(Cc1ccccc1C(F)(F)F)Nc1cccc(NC(N)=O)c1. The number of rotatable bonds is 5. The third-order valence-corrected chi connectivity index (χ3v) is 3.39. The summed E-state index contributed by atoms with van der Waals surface area (Å²) in [6.45, 7) is 1.79. The maximum absolute atomic E-state index is 13.0. The van der Waals surface area contributed by atoms with Crippen LogP contribution in [0.15, 0.2) is 48.5 Å². The zero-order chi connectivity index (χ0) is 17.7. The Balaban J connectivity index is 2.09. The number of anilines is 2. The summed E-state index contributed by atoms with van der Waals surface area (Å²) in [4.78, 5) is 10.9. The number of nitrogens with one attached hydrogen (secondary N) is 2. The third-order valence-electron chi connectivity index (χ3n) is 3.39. The Hall–Kier alpha value is -2.70. The van der Waals surface area contributed by atoms with Gasteiger partial charge < -0.3 is 16.4 Å². The molecule has 1 unspecified atom stereocenters. The lowest BCUT2D eigenvalue weighted by Crippen LogP contribution is -2.21. The van der Waals surface area contributed by atoms with Crippen LogP contribution in [0.25, 0.3) is 0 Å². The lowest BCUT2D eigenvalue weighted by molar-refractivity contribution is -0.138. The molecule has 4 nitrogen and oxygen atoms in total. The molecule has 2 aromatic carbocycles. The standard InChI is InChI=1S/C17H18F3N3O/c1-11(9-12-5-2-3-8-15(12)17(18,19)20)22-13-6-4-7-14(10-13)23-16(21)24/h2-8,10-11,22H,9H2,1H3,(H3,21,23,24). The van der Waals surface area contributed by atoms with Crippen molar-refractivity contribution >= 4 is 17.4 Å². The molecular formula is C17H18F3N3O. The monoisotopic (exact) mass is 337 g/mol. The molecule has 4 N–H and O–H groups in total. The van der Waals surface area contributed by atoms with Gasteiger partial charge in [-0.3, -0.25) is 0 Å². The van der Waals surface area contributed by atoms with Crippen LogP contribution in [0.4, 0.5) is 29.3 Å². The Bertz CT molecular complexity index is 716. The summed E-state index contributed by atoms with van der Waals surface area (Å²) < 4.78 is 39.1. The second kappa shape index (κ2) is 7.25. The van der Waals surface area contributed by atoms with Crippen molar-refractivity contribution in [2.45, 2.75) is 25.6 Å². The Morgan fingerprint density at radius 3 is 2.46 bits per heavy atom. The molecule has 0 radical (unpaired) electrons. The van der Waals surface area contributed by atoms with E-state index in [1.165, 1.54) is 12.1 Å². The molecule has 0 aliphatic heterocycles. The van der Waals surface area contributed by atoms with Gasteiger partial charge in [-0.2, -0.15) is 13.2 Å². The van der Waals surface area contributed by atoms with E-state index >= 15 is 0 Å². The first-order valence-electron chi connectivity index (χ1n) is 7.34. The minimum absolute atomic E-state index is 0.211. The number of benzene rings is 2. The van der Waals surface area contributed by atoms with Crippen LogP contribution in [0.1, 0.15) is 18.1 Å². The van der Waals surface area contributed by atoms with E-state index in [-0.39, 0.29) is 18.0 Å². The summed E-state index contributed by atoms with van der Waals surface area (Å²) in [5, 5.41) is 5.57. The van der Waals surface area contributed by atoms with Gasteiger partial charge in [-0.15, -0.1) is 0 Å². The van der Waals surface area contributed by atoms with E-state index in [0.717, 1.165) is 6.07 Å². The van der Waals surface area contributed by atoms with Crippen LogP contribution < -0.4 is 16.4 Å². The molecule has 0 fully saturated rings. The number of amides is 2. The quantitative estimate of drug-likeness (QED) is 0.764. The predicted molar refractivity (Wildman–Crippen MR) is 87.9 cm³/mol. The number of halogens is 3. The number of hydrogen-bond donors (Lipinski definition) is 3. The fraction of sp³-hybridized carbons (Fsp3) is 0.235. The van der Waals surface area contributed by atoms with Crippen LogP contribution in [-0.4, -0.2) is 12.1 Å². The minimum atomic E-state index is -4.37. The maximum atomic E-state index is 13.0. The van der Waals surface area contributed by atoms with Gasteiger partial charge in [0.05, 0.1) is 5.56 Å². The number of primary amides is 1. The van der Waals surface area contributed by atoms with Gasteiger partial charge in [-0.1, -0.05) is 24.3 Å². The zero-order valence-corrected chi connectivity index (χ0v) is 13.0. The first-order chi connectivity index (χ1) is 11.3. The molecule has 1 atom stereocenters. The van der Waals surface area contributed by atoms with Crippen LogP contribution in [-0.2, 0) is 12.6 Å². The molecule has 0 saturated carbocycles. The predicted octanol–water partition coefficient (Wildman–Crippen LogP) is 4.24. The molecule has 0 heterocycles. The van der Waals surface area contributed by atoms with Crippen LogP contribution in [0.2, 0.25) is 0 Å². The second-order valence-electron chi connectivity index (χ2n) is 5.47. The fourth-order valence-corrected chi connectivity index (χ4v) is 2.47. The average molecular weight is 337 g/mol. The summed E-state index contributed by atoms with van der Waals surface area (Å²) in [7, 11) is 0. The average Bonchev–Trinajstić information content (AvgIpc) is 2.46. The van der Waals surface area contributed by atoms with E-state index in [1.54, 1.807) is 37.3 Å². The van der Waals surface area contributed by atoms with Crippen LogP contribution in [0, 0.1) is 0 Å². The molecular weight excluding hydrogens is 319 g/mol. The first kappa shape index (κ1) is 17.7. The minimum Gasteiger partial charge on any atom is -0.382 e. The van der Waals surface area contributed by atoms with Gasteiger partial charge in [-0.05, 0) is 43.2 Å². The highest BCUT2D eigenvalue weighted by atomic mass is 19.4. The molecule has 2 rings (SSSR count). The zero-order valence-electron chi connectivity index (χ0n) is 13.0. The van der Waals surface area contributed by atoms with Gasteiger partial charge in [0, 0.05) is 17.4 Å². The van der Waals surface area contributed by atoms with Crippen molar-refractivity contribution in [2.24, 2.45) is 5.73 Å². The smallest absolute Gasteiger partial charge is 0.382 e. The fourth-order valence-electron chi connectivity index (χ4n) is 2.47. The summed E-state index contributed by atoms with van der Waals surface area (Å²) in [5.74, 6) is 0. The van der Waals surface area contributed by atoms with Gasteiger partial charge in [0.2, 0.25) is 0 Å². The van der Waals surface area contributed by atoms with Crippen molar-refractivity contribution < 1.29 is 18.0 Å². The van der Waals surface area contributed by atoms with Gasteiger partial charge in [0.15, 0.2) is 0 Å². The lowest BCUT2D eigenvalue weighted by atomic mass is 10.0. The Morgan fingerprint density at radius 2 is 1.79 bits per heavy atom. The van der Waals surface area contributed by atoms with Gasteiger partial charge in [-0.25, -0.2) is 4.79 Å². The van der Waals surface area contributed by atoms with E-state index in [0.29, 0.717) is 11.4 Å². The van der Waals surface area contributed by atoms with Gasteiger partial charge in [0.1, 0.15) is 0 Å².